The summed E-state index contributed by atoms with van der Waals surface area (Å²) in [5.41, 5.74) is 0. The van der Waals surface area contributed by atoms with Crippen LogP contribution < -0.4 is 0 Å². The summed E-state index contributed by atoms with van der Waals surface area (Å²) in [6.07, 6.45) is 20.2. The van der Waals surface area contributed by atoms with Gasteiger partial charge in [0.25, 0.3) is 0 Å². The van der Waals surface area contributed by atoms with Crippen LogP contribution in [0.4, 0.5) is 0 Å². The summed E-state index contributed by atoms with van der Waals surface area (Å²) in [7, 11) is 0. The highest BCUT2D eigenvalue weighted by atomic mass is 16.5. The zero-order valence-corrected chi connectivity index (χ0v) is 14.4. The molecule has 0 spiro atoms. The van der Waals surface area contributed by atoms with Gasteiger partial charge < -0.3 is 9.47 Å². The van der Waals surface area contributed by atoms with Gasteiger partial charge in [0, 0.05) is 13.2 Å². The fraction of sp³-hybridized carbons (Fsp3) is 1.00. The average molecular weight is 309 g/mol. The Hall–Kier alpha value is -0.0800. The normalized spacial score (nSPS) is 32.2. The Labute approximate surface area is 137 Å². The van der Waals surface area contributed by atoms with Crippen molar-refractivity contribution in [2.24, 2.45) is 11.8 Å². The standard InChI is InChI=1S/C20H36O2/c1-3-10-19(11-4-1)21-15-17-8-7-9-18(14-17)16-22-20-12-5-2-6-13-20/h17-20H,1-16H2/t17-,18+. The molecule has 2 nitrogen and oxygen atoms in total. The molecule has 3 aliphatic rings. The second-order valence-corrected chi connectivity index (χ2v) is 8.09. The van der Waals surface area contributed by atoms with E-state index in [1.165, 1.54) is 89.9 Å². The number of ether oxygens (including phenoxy) is 2. The van der Waals surface area contributed by atoms with E-state index in [4.69, 9.17) is 9.47 Å². The van der Waals surface area contributed by atoms with Crippen LogP contribution in [0, 0.1) is 11.8 Å². The van der Waals surface area contributed by atoms with Crippen molar-refractivity contribution in [1.82, 2.24) is 0 Å². The molecule has 0 aromatic carbocycles. The number of rotatable bonds is 6. The first kappa shape index (κ1) is 16.8. The molecule has 0 bridgehead atoms. The largest absolute Gasteiger partial charge is 0.378 e. The van der Waals surface area contributed by atoms with Gasteiger partial charge >= 0.3 is 0 Å². The van der Waals surface area contributed by atoms with Gasteiger partial charge in [-0.2, -0.15) is 0 Å². The SMILES string of the molecule is C1CCC(OC[C@H]2CCC[C@@H](COC3CCCCC3)C2)CC1. The summed E-state index contributed by atoms with van der Waals surface area (Å²) in [6, 6.07) is 0. The first-order valence-corrected chi connectivity index (χ1v) is 10.1. The molecular weight excluding hydrogens is 272 g/mol. The summed E-state index contributed by atoms with van der Waals surface area (Å²) < 4.78 is 12.4. The predicted octanol–water partition coefficient (Wildman–Crippen LogP) is 5.49. The molecule has 0 heterocycles. The second-order valence-electron chi connectivity index (χ2n) is 8.09. The first-order valence-electron chi connectivity index (χ1n) is 10.1. The van der Waals surface area contributed by atoms with Gasteiger partial charge in [-0.15, -0.1) is 0 Å². The van der Waals surface area contributed by atoms with E-state index in [1.54, 1.807) is 0 Å². The molecule has 0 aliphatic heterocycles. The van der Waals surface area contributed by atoms with Crippen LogP contribution in [0.5, 0.6) is 0 Å². The molecule has 0 amide bonds. The van der Waals surface area contributed by atoms with E-state index in [-0.39, 0.29) is 0 Å². The van der Waals surface area contributed by atoms with E-state index in [0.717, 1.165) is 25.0 Å². The van der Waals surface area contributed by atoms with Crippen molar-refractivity contribution in [3.05, 3.63) is 0 Å². The van der Waals surface area contributed by atoms with Gasteiger partial charge in [-0.05, 0) is 56.8 Å². The lowest BCUT2D eigenvalue weighted by Gasteiger charge is -2.32. The lowest BCUT2D eigenvalue weighted by Crippen LogP contribution is -2.28. The maximum absolute atomic E-state index is 6.22. The Morgan fingerprint density at radius 3 is 1.41 bits per heavy atom. The van der Waals surface area contributed by atoms with Gasteiger partial charge in [-0.1, -0.05) is 44.9 Å². The number of hydrogen-bond acceptors (Lipinski definition) is 2. The Bertz CT molecular complexity index is 264. The highest BCUT2D eigenvalue weighted by molar-refractivity contribution is 4.75. The van der Waals surface area contributed by atoms with Crippen molar-refractivity contribution < 1.29 is 9.47 Å². The van der Waals surface area contributed by atoms with Gasteiger partial charge in [0.15, 0.2) is 0 Å². The summed E-state index contributed by atoms with van der Waals surface area (Å²) >= 11 is 0. The van der Waals surface area contributed by atoms with E-state index < -0.39 is 0 Å². The van der Waals surface area contributed by atoms with Crippen LogP contribution >= 0.6 is 0 Å². The van der Waals surface area contributed by atoms with Crippen molar-refractivity contribution in [3.8, 4) is 0 Å². The van der Waals surface area contributed by atoms with Gasteiger partial charge in [0.1, 0.15) is 0 Å². The minimum absolute atomic E-state index is 0.576. The molecule has 0 N–H and O–H groups in total. The Morgan fingerprint density at radius 1 is 0.500 bits per heavy atom. The molecular formula is C20H36O2. The van der Waals surface area contributed by atoms with Crippen LogP contribution in [0.1, 0.15) is 89.9 Å². The quantitative estimate of drug-likeness (QED) is 0.646. The Morgan fingerprint density at radius 2 is 0.955 bits per heavy atom. The van der Waals surface area contributed by atoms with E-state index in [2.05, 4.69) is 0 Å². The molecule has 0 unspecified atom stereocenters. The molecule has 3 fully saturated rings. The molecule has 22 heavy (non-hydrogen) atoms. The van der Waals surface area contributed by atoms with E-state index in [9.17, 15) is 0 Å². The van der Waals surface area contributed by atoms with Gasteiger partial charge in [-0.25, -0.2) is 0 Å². The van der Waals surface area contributed by atoms with Crippen molar-refractivity contribution in [1.29, 1.82) is 0 Å². The van der Waals surface area contributed by atoms with E-state index in [1.807, 2.05) is 0 Å². The summed E-state index contributed by atoms with van der Waals surface area (Å²) in [5, 5.41) is 0. The van der Waals surface area contributed by atoms with Crippen LogP contribution in [0.15, 0.2) is 0 Å². The molecule has 128 valence electrons. The van der Waals surface area contributed by atoms with Crippen LogP contribution in [-0.4, -0.2) is 25.4 Å². The predicted molar refractivity (Wildman–Crippen MR) is 91.1 cm³/mol. The maximum Gasteiger partial charge on any atom is 0.0575 e. The molecule has 0 aromatic rings. The summed E-state index contributed by atoms with van der Waals surface area (Å²) in [4.78, 5) is 0. The first-order chi connectivity index (χ1) is 10.9. The van der Waals surface area contributed by atoms with Crippen molar-refractivity contribution in [3.63, 3.8) is 0 Å². The molecule has 2 heteroatoms. The van der Waals surface area contributed by atoms with Crippen LogP contribution in [0.2, 0.25) is 0 Å². The lowest BCUT2D eigenvalue weighted by molar-refractivity contribution is -0.0260. The third kappa shape index (κ3) is 5.53. The minimum atomic E-state index is 0.576. The third-order valence-electron chi connectivity index (χ3n) is 6.13. The van der Waals surface area contributed by atoms with Gasteiger partial charge in [0.05, 0.1) is 12.2 Å². The minimum Gasteiger partial charge on any atom is -0.378 e. The lowest BCUT2D eigenvalue weighted by atomic mass is 9.82. The highest BCUT2D eigenvalue weighted by Crippen LogP contribution is 2.32. The van der Waals surface area contributed by atoms with Crippen molar-refractivity contribution >= 4 is 0 Å². The molecule has 3 saturated carbocycles. The molecule has 3 rings (SSSR count). The molecule has 3 aliphatic carbocycles. The Kier molecular flexibility index (Phi) is 7.07. The topological polar surface area (TPSA) is 18.5 Å². The monoisotopic (exact) mass is 308 g/mol. The summed E-state index contributed by atoms with van der Waals surface area (Å²) in [5.74, 6) is 1.60. The maximum atomic E-state index is 6.22. The molecule has 0 saturated heterocycles. The van der Waals surface area contributed by atoms with Gasteiger partial charge in [-0.3, -0.25) is 0 Å². The highest BCUT2D eigenvalue weighted by Gasteiger charge is 2.25. The van der Waals surface area contributed by atoms with Crippen LogP contribution in [0.3, 0.4) is 0 Å². The number of hydrogen-bond donors (Lipinski definition) is 0. The zero-order chi connectivity index (χ0) is 15.0. The second kappa shape index (κ2) is 9.27. The van der Waals surface area contributed by atoms with Crippen LogP contribution in [-0.2, 0) is 9.47 Å². The van der Waals surface area contributed by atoms with Gasteiger partial charge in [0.2, 0.25) is 0 Å². The van der Waals surface area contributed by atoms with E-state index in [0.29, 0.717) is 12.2 Å². The van der Waals surface area contributed by atoms with Crippen molar-refractivity contribution in [2.75, 3.05) is 13.2 Å². The van der Waals surface area contributed by atoms with E-state index >= 15 is 0 Å². The van der Waals surface area contributed by atoms with Crippen LogP contribution in [0.25, 0.3) is 0 Å². The summed E-state index contributed by atoms with van der Waals surface area (Å²) in [6.45, 7) is 2.04. The third-order valence-corrected chi connectivity index (χ3v) is 6.13. The fourth-order valence-electron chi connectivity index (χ4n) is 4.71. The molecule has 0 aromatic heterocycles. The molecule has 0 radical (unpaired) electrons. The smallest absolute Gasteiger partial charge is 0.0575 e. The zero-order valence-electron chi connectivity index (χ0n) is 14.4. The van der Waals surface area contributed by atoms with Crippen molar-refractivity contribution in [2.45, 2.75) is 102 Å². The average Bonchev–Trinajstić information content (AvgIpc) is 2.60. The fourth-order valence-corrected chi connectivity index (χ4v) is 4.71. The molecule has 2 atom stereocenters. The Balaban J connectivity index is 1.32.